The number of amides is 2. The van der Waals surface area contributed by atoms with Gasteiger partial charge in [-0.1, -0.05) is 37.2 Å². The Morgan fingerprint density at radius 1 is 1.29 bits per heavy atom. The van der Waals surface area contributed by atoms with Crippen molar-refractivity contribution in [2.45, 2.75) is 51.4 Å². The molecule has 152 valence electrons. The molecule has 0 bridgehead atoms. The molecule has 0 saturated carbocycles. The van der Waals surface area contributed by atoms with E-state index < -0.39 is 6.04 Å². The lowest BCUT2D eigenvalue weighted by molar-refractivity contribution is -0.127. The first-order chi connectivity index (χ1) is 13.4. The van der Waals surface area contributed by atoms with Gasteiger partial charge in [0, 0.05) is 18.1 Å². The van der Waals surface area contributed by atoms with Crippen LogP contribution in [0.4, 0.5) is 0 Å². The Morgan fingerprint density at radius 3 is 2.71 bits per heavy atom. The third-order valence-electron chi connectivity index (χ3n) is 3.98. The molecule has 0 fully saturated rings. The summed E-state index contributed by atoms with van der Waals surface area (Å²) in [6.07, 6.45) is 1.59. The van der Waals surface area contributed by atoms with Gasteiger partial charge in [0.05, 0.1) is 16.7 Å². The van der Waals surface area contributed by atoms with Crippen LogP contribution < -0.4 is 16.2 Å². The predicted octanol–water partition coefficient (Wildman–Crippen LogP) is 2.58. The second-order valence-corrected chi connectivity index (χ2v) is 7.76. The third kappa shape index (κ3) is 5.72. The molecule has 0 aliphatic rings. The molecule has 0 aliphatic carbocycles. The molecule has 1 aromatic carbocycles. The molecule has 1 heterocycles. The Morgan fingerprint density at radius 2 is 2.04 bits per heavy atom. The van der Waals surface area contributed by atoms with Crippen molar-refractivity contribution < 1.29 is 9.59 Å². The van der Waals surface area contributed by atoms with Gasteiger partial charge in [-0.15, -0.1) is 0 Å². The molecule has 0 aliphatic heterocycles. The summed E-state index contributed by atoms with van der Waals surface area (Å²) in [5.74, 6) is -0.470. The van der Waals surface area contributed by atoms with Crippen LogP contribution in [0.3, 0.4) is 0 Å². The van der Waals surface area contributed by atoms with Crippen molar-refractivity contribution in [3.8, 4) is 0 Å². The topological polar surface area (TPSA) is 93.1 Å². The van der Waals surface area contributed by atoms with Crippen molar-refractivity contribution in [1.29, 1.82) is 0 Å². The predicted molar refractivity (Wildman–Crippen MR) is 113 cm³/mol. The summed E-state index contributed by atoms with van der Waals surface area (Å²) >= 11 is 7.18. The Bertz CT molecular complexity index is 916. The van der Waals surface area contributed by atoms with Gasteiger partial charge in [0.15, 0.2) is 5.16 Å². The first kappa shape index (κ1) is 22.2. The van der Waals surface area contributed by atoms with Crippen LogP contribution in [0.2, 0.25) is 5.02 Å². The van der Waals surface area contributed by atoms with Crippen molar-refractivity contribution in [2.75, 3.05) is 12.3 Å². The standard InChI is InChI=1S/C19H25ClN4O3S/c1-4-8-21-17(26)12(3)22-16(25)11-28-19-23-15-10-13(20)6-7-14(15)18(27)24(19)9-5-2/h6-7,10,12H,4-5,8-9,11H2,1-3H3,(H,21,26)(H,22,25)/t12-/m0/s1. The Labute approximate surface area is 173 Å². The number of aromatic nitrogens is 2. The lowest BCUT2D eigenvalue weighted by Crippen LogP contribution is -2.45. The molecule has 0 radical (unpaired) electrons. The molecule has 0 spiro atoms. The summed E-state index contributed by atoms with van der Waals surface area (Å²) in [5, 5.41) is 6.85. The van der Waals surface area contributed by atoms with Gasteiger partial charge in [-0.25, -0.2) is 4.98 Å². The van der Waals surface area contributed by atoms with E-state index in [1.807, 2.05) is 13.8 Å². The van der Waals surface area contributed by atoms with E-state index in [1.165, 1.54) is 11.8 Å². The monoisotopic (exact) mass is 424 g/mol. The normalized spacial score (nSPS) is 12.0. The maximum Gasteiger partial charge on any atom is 0.262 e. The quantitative estimate of drug-likeness (QED) is 0.476. The average Bonchev–Trinajstić information content (AvgIpc) is 2.66. The minimum atomic E-state index is -0.624. The van der Waals surface area contributed by atoms with E-state index in [4.69, 9.17) is 11.6 Å². The van der Waals surface area contributed by atoms with Crippen molar-refractivity contribution in [1.82, 2.24) is 20.2 Å². The maximum absolute atomic E-state index is 12.8. The van der Waals surface area contributed by atoms with E-state index in [0.717, 1.165) is 12.8 Å². The molecule has 28 heavy (non-hydrogen) atoms. The van der Waals surface area contributed by atoms with Crippen molar-refractivity contribution in [2.24, 2.45) is 0 Å². The zero-order valence-electron chi connectivity index (χ0n) is 16.3. The second kappa shape index (κ2) is 10.5. The molecule has 2 rings (SSSR count). The van der Waals surface area contributed by atoms with Crippen LogP contribution in [0.5, 0.6) is 0 Å². The first-order valence-corrected chi connectivity index (χ1v) is 10.6. The van der Waals surface area contributed by atoms with Gasteiger partial charge in [-0.2, -0.15) is 0 Å². The largest absolute Gasteiger partial charge is 0.354 e. The van der Waals surface area contributed by atoms with Gasteiger partial charge in [-0.05, 0) is 38.0 Å². The highest BCUT2D eigenvalue weighted by Gasteiger charge is 2.17. The molecule has 7 nitrogen and oxygen atoms in total. The minimum Gasteiger partial charge on any atom is -0.354 e. The number of hydrogen-bond donors (Lipinski definition) is 2. The first-order valence-electron chi connectivity index (χ1n) is 9.27. The van der Waals surface area contributed by atoms with E-state index in [9.17, 15) is 14.4 Å². The van der Waals surface area contributed by atoms with Crippen LogP contribution in [0, 0.1) is 0 Å². The maximum atomic E-state index is 12.8. The molecule has 2 amide bonds. The zero-order valence-corrected chi connectivity index (χ0v) is 17.8. The van der Waals surface area contributed by atoms with E-state index in [-0.39, 0.29) is 23.1 Å². The van der Waals surface area contributed by atoms with Crippen molar-refractivity contribution in [3.05, 3.63) is 33.6 Å². The molecule has 1 aromatic heterocycles. The molecular weight excluding hydrogens is 400 g/mol. The second-order valence-electron chi connectivity index (χ2n) is 6.38. The number of fused-ring (bicyclic) bond motifs is 1. The fraction of sp³-hybridized carbons (Fsp3) is 0.474. The Kier molecular flexibility index (Phi) is 8.32. The summed E-state index contributed by atoms with van der Waals surface area (Å²) in [6.45, 7) is 6.64. The number of rotatable bonds is 9. The lowest BCUT2D eigenvalue weighted by atomic mass is 10.2. The van der Waals surface area contributed by atoms with Gasteiger partial charge >= 0.3 is 0 Å². The van der Waals surface area contributed by atoms with Gasteiger partial charge in [0.1, 0.15) is 6.04 Å². The number of nitrogens with one attached hydrogen (secondary N) is 2. The summed E-state index contributed by atoms with van der Waals surface area (Å²) in [5.41, 5.74) is 0.346. The van der Waals surface area contributed by atoms with E-state index in [1.54, 1.807) is 29.7 Å². The van der Waals surface area contributed by atoms with Crippen molar-refractivity contribution >= 4 is 46.1 Å². The number of thioether (sulfide) groups is 1. The molecule has 0 saturated heterocycles. The number of halogens is 1. The summed E-state index contributed by atoms with van der Waals surface area (Å²) in [7, 11) is 0. The highest BCUT2D eigenvalue weighted by atomic mass is 35.5. The average molecular weight is 425 g/mol. The zero-order chi connectivity index (χ0) is 20.7. The number of nitrogens with zero attached hydrogens (tertiary/aromatic N) is 2. The van der Waals surface area contributed by atoms with Crippen LogP contribution in [0.15, 0.2) is 28.2 Å². The number of carbonyl (C=O) groups is 2. The number of carbonyl (C=O) groups excluding carboxylic acids is 2. The van der Waals surface area contributed by atoms with Gasteiger partial charge in [0.25, 0.3) is 5.56 Å². The van der Waals surface area contributed by atoms with Gasteiger partial charge in [-0.3, -0.25) is 19.0 Å². The molecule has 1 atom stereocenters. The van der Waals surface area contributed by atoms with Crippen LogP contribution in [0.1, 0.15) is 33.6 Å². The van der Waals surface area contributed by atoms with Gasteiger partial charge in [0.2, 0.25) is 11.8 Å². The molecule has 0 unspecified atom stereocenters. The summed E-state index contributed by atoms with van der Waals surface area (Å²) in [4.78, 5) is 41.4. The van der Waals surface area contributed by atoms with Crippen LogP contribution in [-0.4, -0.2) is 39.7 Å². The van der Waals surface area contributed by atoms with Crippen LogP contribution in [0.25, 0.3) is 10.9 Å². The Balaban J connectivity index is 2.14. The minimum absolute atomic E-state index is 0.0492. The summed E-state index contributed by atoms with van der Waals surface area (Å²) < 4.78 is 1.57. The van der Waals surface area contributed by atoms with E-state index in [0.29, 0.717) is 34.2 Å². The lowest BCUT2D eigenvalue weighted by Gasteiger charge is -2.15. The molecule has 2 aromatic rings. The fourth-order valence-corrected chi connectivity index (χ4v) is 3.59. The number of benzene rings is 1. The molecule has 2 N–H and O–H groups in total. The SMILES string of the molecule is CCCNC(=O)[C@H](C)NC(=O)CSc1nc2cc(Cl)ccc2c(=O)n1CCC. The fourth-order valence-electron chi connectivity index (χ4n) is 2.58. The highest BCUT2D eigenvalue weighted by Crippen LogP contribution is 2.20. The van der Waals surface area contributed by atoms with Crippen LogP contribution >= 0.6 is 23.4 Å². The third-order valence-corrected chi connectivity index (χ3v) is 5.19. The van der Waals surface area contributed by atoms with Crippen LogP contribution in [-0.2, 0) is 16.1 Å². The smallest absolute Gasteiger partial charge is 0.262 e. The van der Waals surface area contributed by atoms with E-state index in [2.05, 4.69) is 15.6 Å². The van der Waals surface area contributed by atoms with E-state index >= 15 is 0 Å². The molecule has 9 heteroatoms. The van der Waals surface area contributed by atoms with Crippen molar-refractivity contribution in [3.63, 3.8) is 0 Å². The number of hydrogen-bond acceptors (Lipinski definition) is 5. The summed E-state index contributed by atoms with van der Waals surface area (Å²) in [6, 6.07) is 4.34. The highest BCUT2D eigenvalue weighted by molar-refractivity contribution is 7.99. The van der Waals surface area contributed by atoms with Gasteiger partial charge < -0.3 is 10.6 Å². The molecular formula is C19H25ClN4O3S. The Hall–Kier alpha value is -2.06.